The van der Waals surface area contributed by atoms with Crippen LogP contribution in [0.2, 0.25) is 0 Å². The predicted octanol–water partition coefficient (Wildman–Crippen LogP) is 5.02. The molecule has 0 unspecified atom stereocenters. The van der Waals surface area contributed by atoms with Crippen LogP contribution in [0.1, 0.15) is 72.8 Å². The highest BCUT2D eigenvalue weighted by Gasteiger charge is 2.32. The van der Waals surface area contributed by atoms with E-state index in [0.29, 0.717) is 25.2 Å². The number of carbonyl (C=O) groups excluding carboxylic acids is 3. The molecule has 7 heteroatoms. The Morgan fingerprint density at radius 2 is 1.68 bits per heavy atom. The quantitative estimate of drug-likeness (QED) is 0.524. The molecule has 2 rings (SSSR count). The fourth-order valence-corrected chi connectivity index (χ4v) is 4.10. The molecule has 190 valence electrons. The summed E-state index contributed by atoms with van der Waals surface area (Å²) in [6.07, 6.45) is 2.09. The van der Waals surface area contributed by atoms with Gasteiger partial charge in [-0.25, -0.2) is 4.79 Å². The number of carbonyl (C=O) groups is 3. The second kappa shape index (κ2) is 12.3. The third kappa shape index (κ3) is 8.75. The van der Waals surface area contributed by atoms with Gasteiger partial charge in [0.05, 0.1) is 6.61 Å². The molecule has 34 heavy (non-hydrogen) atoms. The van der Waals surface area contributed by atoms with Crippen LogP contribution in [0.25, 0.3) is 0 Å². The predicted molar refractivity (Wildman–Crippen MR) is 133 cm³/mol. The number of aliphatic hydroxyl groups excluding tert-OH is 1. The van der Waals surface area contributed by atoms with Crippen molar-refractivity contribution in [3.63, 3.8) is 0 Å². The lowest BCUT2D eigenvalue weighted by Crippen LogP contribution is -2.42. The molecule has 1 aliphatic heterocycles. The zero-order valence-electron chi connectivity index (χ0n) is 21.6. The molecule has 0 saturated carbocycles. The summed E-state index contributed by atoms with van der Waals surface area (Å²) in [5.41, 5.74) is 0.892. The summed E-state index contributed by atoms with van der Waals surface area (Å²) in [5.74, 6) is -0.0993. The second-order valence-corrected chi connectivity index (χ2v) is 10.9. The van der Waals surface area contributed by atoms with E-state index in [4.69, 9.17) is 4.74 Å². The van der Waals surface area contributed by atoms with Crippen molar-refractivity contribution in [1.82, 2.24) is 4.90 Å². The Kier molecular flexibility index (Phi) is 10.1. The van der Waals surface area contributed by atoms with E-state index in [1.165, 1.54) is 0 Å². The van der Waals surface area contributed by atoms with E-state index in [0.717, 1.165) is 18.4 Å². The number of hydrogen-bond donors (Lipinski definition) is 2. The van der Waals surface area contributed by atoms with E-state index in [1.54, 1.807) is 29.2 Å². The van der Waals surface area contributed by atoms with Gasteiger partial charge < -0.3 is 20.1 Å². The minimum Gasteiger partial charge on any atom is -0.444 e. The first-order valence-corrected chi connectivity index (χ1v) is 12.4. The lowest BCUT2D eigenvalue weighted by molar-refractivity contribution is -0.129. The van der Waals surface area contributed by atoms with Crippen molar-refractivity contribution in [2.24, 2.45) is 23.7 Å². The summed E-state index contributed by atoms with van der Waals surface area (Å²) in [7, 11) is 0. The molecule has 1 fully saturated rings. The lowest BCUT2D eigenvalue weighted by atomic mass is 9.81. The first kappa shape index (κ1) is 27.8. The van der Waals surface area contributed by atoms with Gasteiger partial charge in [0, 0.05) is 37.0 Å². The smallest absolute Gasteiger partial charge is 0.410 e. The minimum atomic E-state index is -0.528. The molecule has 1 heterocycles. The molecule has 0 spiro atoms. The summed E-state index contributed by atoms with van der Waals surface area (Å²) in [4.78, 5) is 40.2. The van der Waals surface area contributed by atoms with Crippen LogP contribution in [0.5, 0.6) is 0 Å². The normalized spacial score (nSPS) is 16.8. The maximum atomic E-state index is 13.2. The molecular weight excluding hydrogens is 432 g/mol. The average molecular weight is 475 g/mol. The van der Waals surface area contributed by atoms with E-state index >= 15 is 0 Å². The number of hydrogen-bond acceptors (Lipinski definition) is 5. The number of piperidine rings is 1. The highest BCUT2D eigenvalue weighted by atomic mass is 16.6. The summed E-state index contributed by atoms with van der Waals surface area (Å²) >= 11 is 0. The summed E-state index contributed by atoms with van der Waals surface area (Å²) in [6.45, 7) is 12.7. The molecule has 1 aliphatic rings. The fraction of sp³-hybridized carbons (Fsp3) is 0.667. The van der Waals surface area contributed by atoms with Gasteiger partial charge in [0.15, 0.2) is 0 Å². The zero-order chi connectivity index (χ0) is 25.5. The Bertz CT molecular complexity index is 820. The molecule has 1 aromatic carbocycles. The zero-order valence-corrected chi connectivity index (χ0v) is 21.6. The third-order valence-electron chi connectivity index (χ3n) is 6.61. The van der Waals surface area contributed by atoms with Gasteiger partial charge in [-0.15, -0.1) is 0 Å². The first-order chi connectivity index (χ1) is 15.9. The van der Waals surface area contributed by atoms with Gasteiger partial charge >= 0.3 is 6.09 Å². The molecule has 0 bridgehead atoms. The van der Waals surface area contributed by atoms with Crippen LogP contribution in [-0.2, 0) is 20.9 Å². The SMILES string of the molecule is CC(C)[C@H](C)C(=O)C[C@@H](CC1CCN(C(=O)OC(C)(C)C)CC1)C(=O)Nc1ccc(CO)cc1. The highest BCUT2D eigenvalue weighted by Crippen LogP contribution is 2.29. The van der Waals surface area contributed by atoms with Crippen LogP contribution in [0.15, 0.2) is 24.3 Å². The molecule has 2 N–H and O–H groups in total. The molecule has 7 nitrogen and oxygen atoms in total. The largest absolute Gasteiger partial charge is 0.444 e. The van der Waals surface area contributed by atoms with Crippen molar-refractivity contribution < 1.29 is 24.2 Å². The van der Waals surface area contributed by atoms with Crippen LogP contribution in [0, 0.1) is 23.7 Å². The number of rotatable bonds is 9. The average Bonchev–Trinajstić information content (AvgIpc) is 2.77. The van der Waals surface area contributed by atoms with Crippen LogP contribution in [-0.4, -0.2) is 46.5 Å². The summed E-state index contributed by atoms with van der Waals surface area (Å²) in [6, 6.07) is 7.06. The van der Waals surface area contributed by atoms with Crippen LogP contribution in [0.3, 0.4) is 0 Å². The fourth-order valence-electron chi connectivity index (χ4n) is 4.10. The Balaban J connectivity index is 2.03. The number of likely N-dealkylation sites (tertiary alicyclic amines) is 1. The molecule has 0 aliphatic carbocycles. The van der Waals surface area contributed by atoms with Crippen LogP contribution < -0.4 is 5.32 Å². The van der Waals surface area contributed by atoms with Crippen molar-refractivity contribution in [2.75, 3.05) is 18.4 Å². The molecular formula is C27H42N2O5. The van der Waals surface area contributed by atoms with Gasteiger partial charge in [-0.05, 0) is 69.6 Å². The topological polar surface area (TPSA) is 95.9 Å². The number of amides is 2. The van der Waals surface area contributed by atoms with E-state index in [1.807, 2.05) is 41.5 Å². The van der Waals surface area contributed by atoms with Gasteiger partial charge in [-0.3, -0.25) is 9.59 Å². The van der Waals surface area contributed by atoms with Crippen LogP contribution in [0.4, 0.5) is 10.5 Å². The van der Waals surface area contributed by atoms with Gasteiger partial charge in [-0.1, -0.05) is 32.9 Å². The standard InChI is InChI=1S/C27H42N2O5/c1-18(2)19(3)24(31)16-22(25(32)28-23-9-7-21(17-30)8-10-23)15-20-11-13-29(14-12-20)26(33)34-27(4,5)6/h7-10,18-20,22,30H,11-17H2,1-6H3,(H,28,32)/t19-,22+/m0/s1. The number of aliphatic hydroxyl groups is 1. The number of nitrogens with zero attached hydrogens (tertiary/aromatic N) is 1. The highest BCUT2D eigenvalue weighted by molar-refractivity contribution is 5.95. The van der Waals surface area contributed by atoms with Crippen LogP contribution >= 0.6 is 0 Å². The minimum absolute atomic E-state index is 0.0551. The van der Waals surface area contributed by atoms with Gasteiger partial charge in [-0.2, -0.15) is 0 Å². The number of ether oxygens (including phenoxy) is 1. The van der Waals surface area contributed by atoms with Gasteiger partial charge in [0.1, 0.15) is 11.4 Å². The molecule has 0 radical (unpaired) electrons. The van der Waals surface area contributed by atoms with E-state index in [-0.39, 0.29) is 48.6 Å². The molecule has 2 atom stereocenters. The van der Waals surface area contributed by atoms with Crippen molar-refractivity contribution in [2.45, 2.75) is 79.4 Å². The number of ketones is 1. The van der Waals surface area contributed by atoms with Gasteiger partial charge in [0.25, 0.3) is 0 Å². The maximum absolute atomic E-state index is 13.2. The third-order valence-corrected chi connectivity index (χ3v) is 6.61. The van der Waals surface area contributed by atoms with E-state index in [2.05, 4.69) is 5.32 Å². The second-order valence-electron chi connectivity index (χ2n) is 10.9. The lowest BCUT2D eigenvalue weighted by Gasteiger charge is -2.34. The Morgan fingerprint density at radius 3 is 2.18 bits per heavy atom. The van der Waals surface area contributed by atoms with Crippen molar-refractivity contribution in [3.05, 3.63) is 29.8 Å². The van der Waals surface area contributed by atoms with Crippen molar-refractivity contribution in [1.29, 1.82) is 0 Å². The number of nitrogens with one attached hydrogen (secondary N) is 1. The van der Waals surface area contributed by atoms with Crippen molar-refractivity contribution >= 4 is 23.5 Å². The molecule has 2 amide bonds. The molecule has 1 saturated heterocycles. The maximum Gasteiger partial charge on any atom is 0.410 e. The van der Waals surface area contributed by atoms with Crippen molar-refractivity contribution in [3.8, 4) is 0 Å². The monoisotopic (exact) mass is 474 g/mol. The number of Topliss-reactive ketones (excluding diaryl/α,β-unsaturated/α-hetero) is 1. The van der Waals surface area contributed by atoms with E-state index in [9.17, 15) is 19.5 Å². The number of anilines is 1. The first-order valence-electron chi connectivity index (χ1n) is 12.4. The van der Waals surface area contributed by atoms with E-state index < -0.39 is 11.5 Å². The van der Waals surface area contributed by atoms with Gasteiger partial charge in [0.2, 0.25) is 5.91 Å². The Morgan fingerprint density at radius 1 is 1.09 bits per heavy atom. The molecule has 1 aromatic rings. The number of benzene rings is 1. The Hall–Kier alpha value is -2.41. The Labute approximate surface area is 204 Å². The summed E-state index contributed by atoms with van der Waals surface area (Å²) in [5, 5.41) is 12.2. The molecule has 0 aromatic heterocycles. The summed E-state index contributed by atoms with van der Waals surface area (Å²) < 4.78 is 5.48.